The van der Waals surface area contributed by atoms with Crippen molar-refractivity contribution in [1.29, 1.82) is 0 Å². The van der Waals surface area contributed by atoms with Gasteiger partial charge in [0.05, 0.1) is 12.0 Å². The number of carboxylic acid groups (broad SMARTS) is 1. The van der Waals surface area contributed by atoms with Gasteiger partial charge in [0, 0.05) is 48.9 Å². The van der Waals surface area contributed by atoms with Crippen LogP contribution in [0.2, 0.25) is 0 Å². The van der Waals surface area contributed by atoms with E-state index in [4.69, 9.17) is 0 Å². The predicted molar refractivity (Wildman–Crippen MR) is 99.0 cm³/mol. The number of fused-ring (bicyclic) bond motifs is 1. The summed E-state index contributed by atoms with van der Waals surface area (Å²) in [5, 5.41) is 15.1. The molecular formula is C20H20N3O3-. The minimum absolute atomic E-state index is 0.144. The summed E-state index contributed by atoms with van der Waals surface area (Å²) in [6.07, 6.45) is 1.91. The fourth-order valence-electron chi connectivity index (χ4n) is 2.88. The number of benzene rings is 2. The molecule has 3 rings (SSSR count). The number of hydrogen-bond acceptors (Lipinski definition) is 4. The molecule has 0 aliphatic rings. The van der Waals surface area contributed by atoms with E-state index in [0.717, 1.165) is 22.2 Å². The molecule has 0 unspecified atom stereocenters. The molecule has 0 radical (unpaired) electrons. The molecule has 26 heavy (non-hydrogen) atoms. The molecule has 6 nitrogen and oxygen atoms in total. The lowest BCUT2D eigenvalue weighted by molar-refractivity contribution is -0.308. The van der Waals surface area contributed by atoms with Gasteiger partial charge >= 0.3 is 0 Å². The maximum Gasteiger partial charge on any atom is 0.251 e. The topological polar surface area (TPSA) is 88.3 Å². The van der Waals surface area contributed by atoms with Crippen molar-refractivity contribution in [2.45, 2.75) is 12.5 Å². The van der Waals surface area contributed by atoms with E-state index < -0.39 is 17.9 Å². The van der Waals surface area contributed by atoms with Crippen molar-refractivity contribution >= 4 is 28.5 Å². The Balaban J connectivity index is 1.79. The van der Waals surface area contributed by atoms with E-state index in [1.54, 1.807) is 24.4 Å². The third kappa shape index (κ3) is 3.69. The standard InChI is InChI=1S/C20H21N3O3/c1-23(2)15-7-5-6-13(10-15)19(24)22-18(20(25)26)11-14-12-21-17-9-4-3-8-16(14)17/h3-10,12,18,21H,11H2,1-2H3,(H,22,24)(H,25,26)/p-1/t18-/m0/s1. The van der Waals surface area contributed by atoms with Crippen LogP contribution in [0, 0.1) is 0 Å². The molecule has 0 aliphatic carbocycles. The number of aromatic nitrogens is 1. The zero-order valence-corrected chi connectivity index (χ0v) is 14.7. The fraction of sp³-hybridized carbons (Fsp3) is 0.200. The van der Waals surface area contributed by atoms with Crippen molar-refractivity contribution in [2.75, 3.05) is 19.0 Å². The summed E-state index contributed by atoms with van der Waals surface area (Å²) in [4.78, 5) is 29.0. The Kier molecular flexibility index (Phi) is 4.93. The van der Waals surface area contributed by atoms with Crippen LogP contribution in [-0.2, 0) is 11.2 Å². The molecule has 134 valence electrons. The highest BCUT2D eigenvalue weighted by Gasteiger charge is 2.17. The highest BCUT2D eigenvalue weighted by molar-refractivity contribution is 5.97. The number of anilines is 1. The van der Waals surface area contributed by atoms with Gasteiger partial charge in [-0.1, -0.05) is 24.3 Å². The summed E-state index contributed by atoms with van der Waals surface area (Å²) < 4.78 is 0. The van der Waals surface area contributed by atoms with Crippen LogP contribution in [0.1, 0.15) is 15.9 Å². The fourth-order valence-corrected chi connectivity index (χ4v) is 2.88. The first-order valence-electron chi connectivity index (χ1n) is 8.30. The lowest BCUT2D eigenvalue weighted by Crippen LogP contribution is -2.49. The highest BCUT2D eigenvalue weighted by Crippen LogP contribution is 2.19. The van der Waals surface area contributed by atoms with Crippen molar-refractivity contribution in [2.24, 2.45) is 0 Å². The molecular weight excluding hydrogens is 330 g/mol. The summed E-state index contributed by atoms with van der Waals surface area (Å²) in [6, 6.07) is 13.5. The number of H-pyrrole nitrogens is 1. The summed E-state index contributed by atoms with van der Waals surface area (Å²) in [5.74, 6) is -1.75. The number of carbonyl (C=O) groups is 2. The first kappa shape index (κ1) is 17.5. The Bertz CT molecular complexity index is 946. The Morgan fingerprint density at radius 1 is 1.15 bits per heavy atom. The van der Waals surface area contributed by atoms with Gasteiger partial charge in [-0.3, -0.25) is 4.79 Å². The Hall–Kier alpha value is -3.28. The number of aliphatic carboxylic acids is 1. The van der Waals surface area contributed by atoms with E-state index in [1.807, 2.05) is 49.3 Å². The first-order valence-corrected chi connectivity index (χ1v) is 8.30. The maximum absolute atomic E-state index is 12.5. The van der Waals surface area contributed by atoms with Gasteiger partial charge in [-0.15, -0.1) is 0 Å². The zero-order valence-electron chi connectivity index (χ0n) is 14.7. The van der Waals surface area contributed by atoms with Crippen LogP contribution >= 0.6 is 0 Å². The zero-order chi connectivity index (χ0) is 18.7. The smallest absolute Gasteiger partial charge is 0.251 e. The van der Waals surface area contributed by atoms with Crippen molar-refractivity contribution < 1.29 is 14.7 Å². The summed E-state index contributed by atoms with van der Waals surface area (Å²) >= 11 is 0. The van der Waals surface area contributed by atoms with Gasteiger partial charge < -0.3 is 25.1 Å². The molecule has 2 aromatic carbocycles. The molecule has 6 heteroatoms. The number of amides is 1. The van der Waals surface area contributed by atoms with E-state index in [1.165, 1.54) is 0 Å². The molecule has 1 aromatic heterocycles. The molecule has 0 saturated carbocycles. The van der Waals surface area contributed by atoms with Crippen molar-refractivity contribution in [3.05, 3.63) is 65.9 Å². The van der Waals surface area contributed by atoms with Crippen LogP contribution < -0.4 is 15.3 Å². The van der Waals surface area contributed by atoms with Crippen LogP contribution in [0.5, 0.6) is 0 Å². The van der Waals surface area contributed by atoms with Crippen LogP contribution in [0.4, 0.5) is 5.69 Å². The first-order chi connectivity index (χ1) is 12.5. The van der Waals surface area contributed by atoms with Gasteiger partial charge in [0.1, 0.15) is 0 Å². The third-order valence-electron chi connectivity index (χ3n) is 4.31. The van der Waals surface area contributed by atoms with Gasteiger partial charge in [-0.05, 0) is 29.8 Å². The third-order valence-corrected chi connectivity index (χ3v) is 4.31. The average molecular weight is 350 g/mol. The van der Waals surface area contributed by atoms with Crippen molar-refractivity contribution in [1.82, 2.24) is 10.3 Å². The van der Waals surface area contributed by atoms with Gasteiger partial charge in [0.25, 0.3) is 5.91 Å². The van der Waals surface area contributed by atoms with Crippen LogP contribution in [0.25, 0.3) is 10.9 Å². The summed E-state index contributed by atoms with van der Waals surface area (Å²) in [7, 11) is 3.75. The number of carboxylic acids is 1. The van der Waals surface area contributed by atoms with Gasteiger partial charge in [0.15, 0.2) is 0 Å². The van der Waals surface area contributed by atoms with Crippen molar-refractivity contribution in [3.63, 3.8) is 0 Å². The van der Waals surface area contributed by atoms with Crippen LogP contribution in [0.15, 0.2) is 54.7 Å². The normalized spacial score (nSPS) is 11.9. The number of nitrogens with zero attached hydrogens (tertiary/aromatic N) is 1. The number of para-hydroxylation sites is 1. The van der Waals surface area contributed by atoms with E-state index in [9.17, 15) is 14.7 Å². The van der Waals surface area contributed by atoms with Gasteiger partial charge in [-0.25, -0.2) is 0 Å². The molecule has 3 aromatic rings. The molecule has 1 atom stereocenters. The van der Waals surface area contributed by atoms with Gasteiger partial charge in [-0.2, -0.15) is 0 Å². The minimum atomic E-state index is -1.31. The lowest BCUT2D eigenvalue weighted by atomic mass is 10.0. The second-order valence-electron chi connectivity index (χ2n) is 6.35. The Morgan fingerprint density at radius 3 is 2.65 bits per heavy atom. The largest absolute Gasteiger partial charge is 0.548 e. The molecule has 0 saturated heterocycles. The van der Waals surface area contributed by atoms with E-state index >= 15 is 0 Å². The van der Waals surface area contributed by atoms with Gasteiger partial charge in [0.2, 0.25) is 0 Å². The van der Waals surface area contributed by atoms with Crippen LogP contribution in [0.3, 0.4) is 0 Å². The molecule has 2 N–H and O–H groups in total. The van der Waals surface area contributed by atoms with E-state index in [-0.39, 0.29) is 6.42 Å². The quantitative estimate of drug-likeness (QED) is 0.702. The molecule has 0 aliphatic heterocycles. The molecule has 1 heterocycles. The number of nitrogens with one attached hydrogen (secondary N) is 2. The lowest BCUT2D eigenvalue weighted by Gasteiger charge is -2.20. The SMILES string of the molecule is CN(C)c1cccc(C(=O)N[C@@H](Cc2c[nH]c3ccccc23)C(=O)[O-])c1. The molecule has 0 bridgehead atoms. The number of hydrogen-bond donors (Lipinski definition) is 2. The summed E-state index contributed by atoms with van der Waals surface area (Å²) in [5.41, 5.74) is 3.00. The number of aromatic amines is 1. The monoisotopic (exact) mass is 350 g/mol. The second kappa shape index (κ2) is 7.31. The summed E-state index contributed by atoms with van der Waals surface area (Å²) in [6.45, 7) is 0. The van der Waals surface area contributed by atoms with E-state index in [2.05, 4.69) is 10.3 Å². The molecule has 0 spiro atoms. The molecule has 0 fully saturated rings. The second-order valence-corrected chi connectivity index (χ2v) is 6.35. The van der Waals surface area contributed by atoms with Crippen LogP contribution in [-0.4, -0.2) is 37.0 Å². The molecule has 1 amide bonds. The Labute approximate surface area is 151 Å². The van der Waals surface area contributed by atoms with Crippen molar-refractivity contribution in [3.8, 4) is 0 Å². The Morgan fingerprint density at radius 2 is 1.92 bits per heavy atom. The maximum atomic E-state index is 12.5. The number of rotatable bonds is 6. The number of carbonyl (C=O) groups excluding carboxylic acids is 2. The van der Waals surface area contributed by atoms with E-state index in [0.29, 0.717) is 5.56 Å². The average Bonchev–Trinajstić information content (AvgIpc) is 3.04. The highest BCUT2D eigenvalue weighted by atomic mass is 16.4. The minimum Gasteiger partial charge on any atom is -0.548 e. The predicted octanol–water partition coefficient (Wildman–Crippen LogP) is 1.32.